The van der Waals surface area contributed by atoms with Crippen LogP contribution in [0.15, 0.2) is 59.5 Å². The molecule has 1 aliphatic heterocycles. The maximum Gasteiger partial charge on any atom is 0.416 e. The molecule has 2 N–H and O–H groups in total. The molecular weight excluding hydrogens is 348 g/mol. The summed E-state index contributed by atoms with van der Waals surface area (Å²) in [5.41, 5.74) is 0.667. The van der Waals surface area contributed by atoms with Crippen LogP contribution in [0.3, 0.4) is 0 Å². The van der Waals surface area contributed by atoms with Crippen LogP contribution >= 0.6 is 0 Å². The molecule has 130 valence electrons. The molecule has 0 aliphatic carbocycles. The van der Waals surface area contributed by atoms with Gasteiger partial charge >= 0.3 is 12.1 Å². The highest BCUT2D eigenvalue weighted by Crippen LogP contribution is 2.31. The Labute approximate surface area is 143 Å². The van der Waals surface area contributed by atoms with E-state index in [-0.39, 0.29) is 17.2 Å². The molecule has 0 radical (unpaired) electrons. The molecule has 25 heavy (non-hydrogen) atoms. The minimum Gasteiger partial charge on any atom is -0.479 e. The SMILES string of the molecule is O=C(O)C1NS(=O)(=O)c2ccccc2N1C(=O)OCc1ccccc1. The third-order valence-corrected chi connectivity index (χ3v) is 5.03. The van der Waals surface area contributed by atoms with Crippen LogP contribution in [0.4, 0.5) is 10.5 Å². The van der Waals surface area contributed by atoms with Crippen molar-refractivity contribution in [2.24, 2.45) is 0 Å². The highest BCUT2D eigenvalue weighted by atomic mass is 32.2. The number of carbonyl (C=O) groups excluding carboxylic acids is 1. The van der Waals surface area contributed by atoms with Crippen molar-refractivity contribution in [2.75, 3.05) is 4.90 Å². The number of carboxylic acid groups (broad SMARTS) is 1. The third kappa shape index (κ3) is 3.32. The lowest BCUT2D eigenvalue weighted by Gasteiger charge is -2.33. The van der Waals surface area contributed by atoms with Gasteiger partial charge in [0.1, 0.15) is 11.5 Å². The summed E-state index contributed by atoms with van der Waals surface area (Å²) < 4.78 is 31.5. The van der Waals surface area contributed by atoms with Gasteiger partial charge in [-0.05, 0) is 17.7 Å². The first-order valence-corrected chi connectivity index (χ1v) is 8.72. The maximum absolute atomic E-state index is 12.5. The van der Waals surface area contributed by atoms with Crippen molar-refractivity contribution in [1.29, 1.82) is 0 Å². The average molecular weight is 362 g/mol. The van der Waals surface area contributed by atoms with Crippen LogP contribution in [0.1, 0.15) is 5.56 Å². The van der Waals surface area contributed by atoms with Crippen molar-refractivity contribution in [3.63, 3.8) is 0 Å². The van der Waals surface area contributed by atoms with E-state index in [1.807, 2.05) is 4.72 Å². The van der Waals surface area contributed by atoms with Crippen LogP contribution in [-0.4, -0.2) is 31.8 Å². The largest absolute Gasteiger partial charge is 0.479 e. The summed E-state index contributed by atoms with van der Waals surface area (Å²) in [7, 11) is -4.05. The van der Waals surface area contributed by atoms with E-state index in [0.717, 1.165) is 4.90 Å². The van der Waals surface area contributed by atoms with Gasteiger partial charge in [0.2, 0.25) is 16.2 Å². The number of benzene rings is 2. The first-order chi connectivity index (χ1) is 11.9. The molecule has 1 unspecified atom stereocenters. The molecule has 2 aromatic carbocycles. The van der Waals surface area contributed by atoms with Gasteiger partial charge in [-0.1, -0.05) is 42.5 Å². The number of nitrogens with zero attached hydrogens (tertiary/aromatic N) is 1. The fourth-order valence-electron chi connectivity index (χ4n) is 2.44. The van der Waals surface area contributed by atoms with E-state index in [1.165, 1.54) is 24.3 Å². The number of amides is 1. The number of hydrogen-bond donors (Lipinski definition) is 2. The molecular formula is C16H14N2O6S. The zero-order chi connectivity index (χ0) is 18.0. The Morgan fingerprint density at radius 1 is 1.08 bits per heavy atom. The van der Waals surface area contributed by atoms with Gasteiger partial charge in [-0.25, -0.2) is 22.9 Å². The number of carboxylic acids is 1. The zero-order valence-corrected chi connectivity index (χ0v) is 13.6. The van der Waals surface area contributed by atoms with Crippen LogP contribution in [0.5, 0.6) is 0 Å². The Morgan fingerprint density at radius 2 is 1.72 bits per heavy atom. The Morgan fingerprint density at radius 3 is 2.40 bits per heavy atom. The number of carbonyl (C=O) groups is 2. The van der Waals surface area contributed by atoms with E-state index in [0.29, 0.717) is 5.56 Å². The zero-order valence-electron chi connectivity index (χ0n) is 12.8. The second kappa shape index (κ2) is 6.54. The van der Waals surface area contributed by atoms with Gasteiger partial charge in [-0.3, -0.25) is 0 Å². The molecule has 1 aliphatic rings. The van der Waals surface area contributed by atoms with E-state index in [2.05, 4.69) is 0 Å². The topological polar surface area (TPSA) is 113 Å². The van der Waals surface area contributed by atoms with Crippen LogP contribution in [0.25, 0.3) is 0 Å². The molecule has 0 fully saturated rings. The van der Waals surface area contributed by atoms with Gasteiger partial charge in [0.25, 0.3) is 0 Å². The monoisotopic (exact) mass is 362 g/mol. The molecule has 9 heteroatoms. The number of anilines is 1. The predicted molar refractivity (Wildman–Crippen MR) is 87.3 cm³/mol. The summed E-state index contributed by atoms with van der Waals surface area (Å²) in [6, 6.07) is 14.5. The number of sulfonamides is 1. The van der Waals surface area contributed by atoms with E-state index in [9.17, 15) is 23.1 Å². The molecule has 1 atom stereocenters. The van der Waals surface area contributed by atoms with Crippen molar-refractivity contribution in [1.82, 2.24) is 4.72 Å². The average Bonchev–Trinajstić information content (AvgIpc) is 2.60. The normalized spacial score (nSPS) is 18.2. The van der Waals surface area contributed by atoms with Crippen molar-refractivity contribution >= 4 is 27.8 Å². The van der Waals surface area contributed by atoms with E-state index in [1.54, 1.807) is 30.3 Å². The van der Waals surface area contributed by atoms with Crippen molar-refractivity contribution in [2.45, 2.75) is 17.7 Å². The van der Waals surface area contributed by atoms with Gasteiger partial charge in [0.05, 0.1) is 5.69 Å². The third-order valence-electron chi connectivity index (χ3n) is 3.58. The first-order valence-electron chi connectivity index (χ1n) is 7.24. The number of nitrogens with one attached hydrogen (secondary N) is 1. The minimum atomic E-state index is -4.05. The van der Waals surface area contributed by atoms with Crippen molar-refractivity contribution in [3.05, 3.63) is 60.2 Å². The Balaban J connectivity index is 1.93. The van der Waals surface area contributed by atoms with Gasteiger partial charge in [0, 0.05) is 0 Å². The lowest BCUT2D eigenvalue weighted by Crippen LogP contribution is -2.58. The Hall–Kier alpha value is -2.91. The molecule has 3 rings (SSSR count). The second-order valence-electron chi connectivity index (χ2n) is 5.24. The van der Waals surface area contributed by atoms with E-state index >= 15 is 0 Å². The molecule has 0 spiro atoms. The quantitative estimate of drug-likeness (QED) is 0.856. The van der Waals surface area contributed by atoms with Crippen LogP contribution in [-0.2, 0) is 26.2 Å². The molecule has 0 aromatic heterocycles. The fourth-order valence-corrected chi connectivity index (χ4v) is 3.77. The van der Waals surface area contributed by atoms with Crippen LogP contribution in [0.2, 0.25) is 0 Å². The highest BCUT2D eigenvalue weighted by molar-refractivity contribution is 7.89. The van der Waals surface area contributed by atoms with E-state index in [4.69, 9.17) is 4.74 Å². The number of aliphatic carboxylic acids is 1. The summed E-state index contributed by atoms with van der Waals surface area (Å²) in [4.78, 5) is 24.5. The summed E-state index contributed by atoms with van der Waals surface area (Å²) in [5, 5.41) is 9.32. The van der Waals surface area contributed by atoms with Crippen molar-refractivity contribution < 1.29 is 27.9 Å². The molecule has 1 heterocycles. The van der Waals surface area contributed by atoms with Crippen molar-refractivity contribution in [3.8, 4) is 0 Å². The standard InChI is InChI=1S/C16H14N2O6S/c19-15(20)14-17-25(22,23)13-9-5-4-8-12(13)18(14)16(21)24-10-11-6-2-1-3-7-11/h1-9,14,17H,10H2,(H,19,20). The lowest BCUT2D eigenvalue weighted by molar-refractivity contribution is -0.138. The smallest absolute Gasteiger partial charge is 0.416 e. The fraction of sp³-hybridized carbons (Fsp3) is 0.125. The lowest BCUT2D eigenvalue weighted by atomic mass is 10.2. The summed E-state index contributed by atoms with van der Waals surface area (Å²) >= 11 is 0. The number of hydrogen-bond acceptors (Lipinski definition) is 5. The number of rotatable bonds is 3. The molecule has 0 bridgehead atoms. The predicted octanol–water partition coefficient (Wildman–Crippen LogP) is 1.53. The minimum absolute atomic E-state index is 0.0493. The maximum atomic E-state index is 12.5. The summed E-state index contributed by atoms with van der Waals surface area (Å²) in [5.74, 6) is -1.52. The molecule has 0 saturated heterocycles. The molecule has 1 amide bonds. The molecule has 2 aromatic rings. The summed E-state index contributed by atoms with van der Waals surface area (Å²) in [6.45, 7) is -0.0720. The number of para-hydroxylation sites is 1. The number of fused-ring (bicyclic) bond motifs is 1. The van der Waals surface area contributed by atoms with Crippen LogP contribution in [0, 0.1) is 0 Å². The van der Waals surface area contributed by atoms with Gasteiger partial charge in [-0.2, -0.15) is 4.72 Å². The van der Waals surface area contributed by atoms with Gasteiger partial charge < -0.3 is 9.84 Å². The van der Waals surface area contributed by atoms with Crippen LogP contribution < -0.4 is 9.62 Å². The van der Waals surface area contributed by atoms with E-state index < -0.39 is 28.3 Å². The second-order valence-corrected chi connectivity index (χ2v) is 6.92. The molecule has 0 saturated carbocycles. The van der Waals surface area contributed by atoms with Gasteiger partial charge in [-0.15, -0.1) is 0 Å². The number of ether oxygens (including phenoxy) is 1. The Kier molecular flexibility index (Phi) is 4.43. The van der Waals surface area contributed by atoms with Gasteiger partial charge in [0.15, 0.2) is 0 Å². The highest BCUT2D eigenvalue weighted by Gasteiger charge is 2.42. The summed E-state index contributed by atoms with van der Waals surface area (Å²) in [6.07, 6.45) is -2.76. The Bertz CT molecular complexity index is 913. The molecule has 8 nitrogen and oxygen atoms in total. The first kappa shape index (κ1) is 16.9.